The van der Waals surface area contributed by atoms with Gasteiger partial charge in [0.05, 0.1) is 12.2 Å². The molecule has 4 unspecified atom stereocenters. The van der Waals surface area contributed by atoms with Gasteiger partial charge in [-0.3, -0.25) is 0 Å². The van der Waals surface area contributed by atoms with Crippen molar-refractivity contribution in [1.29, 1.82) is 0 Å². The van der Waals surface area contributed by atoms with E-state index in [1.54, 1.807) is 0 Å². The van der Waals surface area contributed by atoms with Gasteiger partial charge in [0, 0.05) is 18.9 Å². The summed E-state index contributed by atoms with van der Waals surface area (Å²) in [5.74, 6) is 1.44. The van der Waals surface area contributed by atoms with E-state index in [1.165, 1.54) is 0 Å². The number of carbonyl (C=O) groups excluding carboxylic acids is 1. The van der Waals surface area contributed by atoms with Crippen LogP contribution in [0.2, 0.25) is 0 Å². The zero-order valence-electron chi connectivity index (χ0n) is 10.6. The third-order valence-corrected chi connectivity index (χ3v) is 3.68. The number of nitrogens with one attached hydrogen (secondary N) is 2. The number of aliphatic carboxylic acids is 1. The van der Waals surface area contributed by atoms with Gasteiger partial charge in [-0.1, -0.05) is 0 Å². The number of fused-ring (bicyclic) bond motifs is 2. The number of amides is 2. The number of carboxylic acid groups (broad SMARTS) is 1. The van der Waals surface area contributed by atoms with E-state index in [4.69, 9.17) is 16.3 Å². The number of carbonyl (C=O) groups is 2. The van der Waals surface area contributed by atoms with E-state index in [-0.39, 0.29) is 12.5 Å². The molecule has 0 saturated carbocycles. The van der Waals surface area contributed by atoms with E-state index in [2.05, 4.69) is 16.6 Å². The second kappa shape index (κ2) is 5.93. The van der Waals surface area contributed by atoms with E-state index in [0.29, 0.717) is 18.6 Å². The Kier molecular flexibility index (Phi) is 4.27. The fraction of sp³-hybridized carbons (Fsp3) is 0.692. The van der Waals surface area contributed by atoms with Crippen LogP contribution in [0.15, 0.2) is 0 Å². The third-order valence-electron chi connectivity index (χ3n) is 3.68. The maximum Gasteiger partial charge on any atom is 0.327 e. The van der Waals surface area contributed by atoms with Crippen molar-refractivity contribution in [3.8, 4) is 12.3 Å². The lowest BCUT2D eigenvalue weighted by atomic mass is 9.89. The highest BCUT2D eigenvalue weighted by molar-refractivity contribution is 5.82. The molecule has 0 aromatic rings. The van der Waals surface area contributed by atoms with Crippen LogP contribution in [-0.4, -0.2) is 41.9 Å². The molecule has 0 aromatic carbocycles. The SMILES string of the molecule is C#CCC(NC(=O)NCC1CC2CCC1O2)C(=O)O. The summed E-state index contributed by atoms with van der Waals surface area (Å²) >= 11 is 0. The summed E-state index contributed by atoms with van der Waals surface area (Å²) in [4.78, 5) is 22.4. The van der Waals surface area contributed by atoms with Crippen LogP contribution in [0.5, 0.6) is 0 Å². The lowest BCUT2D eigenvalue weighted by Gasteiger charge is -2.20. The second-order valence-corrected chi connectivity index (χ2v) is 5.02. The van der Waals surface area contributed by atoms with Crippen LogP contribution in [0.3, 0.4) is 0 Å². The van der Waals surface area contributed by atoms with Crippen molar-refractivity contribution in [1.82, 2.24) is 10.6 Å². The summed E-state index contributed by atoms with van der Waals surface area (Å²) in [6.45, 7) is 0.509. The molecule has 0 spiro atoms. The van der Waals surface area contributed by atoms with Crippen LogP contribution >= 0.6 is 0 Å². The molecule has 2 aliphatic rings. The molecule has 6 heteroatoms. The Bertz CT molecular complexity index is 404. The maximum absolute atomic E-state index is 11.6. The van der Waals surface area contributed by atoms with Gasteiger partial charge in [0.2, 0.25) is 0 Å². The molecule has 0 aliphatic carbocycles. The average Bonchev–Trinajstić information content (AvgIpc) is 2.97. The molecular formula is C13H18N2O4. The van der Waals surface area contributed by atoms with E-state index < -0.39 is 18.0 Å². The summed E-state index contributed by atoms with van der Waals surface area (Å²) < 4.78 is 5.68. The fourth-order valence-corrected chi connectivity index (χ4v) is 2.71. The van der Waals surface area contributed by atoms with Gasteiger partial charge >= 0.3 is 12.0 Å². The summed E-state index contributed by atoms with van der Waals surface area (Å²) in [5, 5.41) is 13.9. The standard InChI is InChI=1S/C13H18N2O4/c1-2-3-10(12(16)17)15-13(18)14-7-8-6-9-4-5-11(8)19-9/h1,8-11H,3-7H2,(H,16,17)(H2,14,15,18). The van der Waals surface area contributed by atoms with Gasteiger partial charge in [0.15, 0.2) is 0 Å². The van der Waals surface area contributed by atoms with Gasteiger partial charge in [-0.25, -0.2) is 9.59 Å². The lowest BCUT2D eigenvalue weighted by molar-refractivity contribution is -0.139. The van der Waals surface area contributed by atoms with E-state index in [0.717, 1.165) is 19.3 Å². The summed E-state index contributed by atoms with van der Waals surface area (Å²) in [5.41, 5.74) is 0. The lowest BCUT2D eigenvalue weighted by Crippen LogP contribution is -2.47. The summed E-state index contributed by atoms with van der Waals surface area (Å²) in [7, 11) is 0. The molecule has 0 radical (unpaired) electrons. The molecule has 6 nitrogen and oxygen atoms in total. The smallest absolute Gasteiger partial charge is 0.327 e. The molecule has 2 saturated heterocycles. The van der Waals surface area contributed by atoms with Crippen LogP contribution < -0.4 is 10.6 Å². The average molecular weight is 266 g/mol. The molecule has 2 rings (SSSR count). The maximum atomic E-state index is 11.6. The van der Waals surface area contributed by atoms with Gasteiger partial charge in [-0.15, -0.1) is 12.3 Å². The molecule has 3 N–H and O–H groups in total. The molecule has 4 atom stereocenters. The molecule has 0 aromatic heterocycles. The minimum absolute atomic E-state index is 0.0278. The third kappa shape index (κ3) is 3.38. The Hall–Kier alpha value is -1.74. The highest BCUT2D eigenvalue weighted by Crippen LogP contribution is 2.38. The first kappa shape index (κ1) is 13.7. The quantitative estimate of drug-likeness (QED) is 0.626. The first-order valence-electron chi connectivity index (χ1n) is 6.46. The molecule has 2 heterocycles. The second-order valence-electron chi connectivity index (χ2n) is 5.02. The van der Waals surface area contributed by atoms with Crippen molar-refractivity contribution >= 4 is 12.0 Å². The number of hydrogen-bond donors (Lipinski definition) is 3. The zero-order chi connectivity index (χ0) is 13.8. The number of terminal acetylenes is 1. The first-order valence-corrected chi connectivity index (χ1v) is 6.46. The van der Waals surface area contributed by atoms with Crippen molar-refractivity contribution < 1.29 is 19.4 Å². The minimum atomic E-state index is -1.13. The Morgan fingerprint density at radius 2 is 2.26 bits per heavy atom. The fourth-order valence-electron chi connectivity index (χ4n) is 2.71. The monoisotopic (exact) mass is 266 g/mol. The Morgan fingerprint density at radius 3 is 2.79 bits per heavy atom. The normalized spacial score (nSPS) is 29.5. The highest BCUT2D eigenvalue weighted by Gasteiger charge is 2.40. The van der Waals surface area contributed by atoms with Crippen LogP contribution in [0.4, 0.5) is 4.79 Å². The number of ether oxygens (including phenoxy) is 1. The van der Waals surface area contributed by atoms with Gasteiger partial charge in [-0.05, 0) is 19.3 Å². The summed E-state index contributed by atoms with van der Waals surface area (Å²) in [6, 6.07) is -1.54. The number of carboxylic acids is 1. The molecule has 104 valence electrons. The molecule has 19 heavy (non-hydrogen) atoms. The van der Waals surface area contributed by atoms with Gasteiger partial charge in [0.25, 0.3) is 0 Å². The summed E-state index contributed by atoms with van der Waals surface area (Å²) in [6.07, 6.45) is 8.74. The molecule has 2 amide bonds. The molecular weight excluding hydrogens is 248 g/mol. The predicted octanol–water partition coefficient (Wildman–Crippen LogP) is 0.330. The van der Waals surface area contributed by atoms with Gasteiger partial charge in [-0.2, -0.15) is 0 Å². The number of hydrogen-bond acceptors (Lipinski definition) is 3. The largest absolute Gasteiger partial charge is 0.480 e. The topological polar surface area (TPSA) is 87.7 Å². The van der Waals surface area contributed by atoms with Gasteiger partial charge in [0.1, 0.15) is 6.04 Å². The van der Waals surface area contributed by atoms with Crippen molar-refractivity contribution in [2.24, 2.45) is 5.92 Å². The van der Waals surface area contributed by atoms with E-state index in [9.17, 15) is 9.59 Å². The van der Waals surface area contributed by atoms with Crippen LogP contribution in [0, 0.1) is 18.3 Å². The van der Waals surface area contributed by atoms with E-state index in [1.807, 2.05) is 0 Å². The molecule has 2 bridgehead atoms. The van der Waals surface area contributed by atoms with Crippen molar-refractivity contribution in [2.45, 2.75) is 43.9 Å². The van der Waals surface area contributed by atoms with Crippen molar-refractivity contribution in [3.63, 3.8) is 0 Å². The number of rotatable bonds is 5. The predicted molar refractivity (Wildman–Crippen MR) is 67.4 cm³/mol. The molecule has 2 aliphatic heterocycles. The van der Waals surface area contributed by atoms with Crippen LogP contribution in [0.1, 0.15) is 25.7 Å². The Balaban J connectivity index is 1.72. The number of urea groups is 1. The zero-order valence-corrected chi connectivity index (χ0v) is 10.6. The first-order chi connectivity index (χ1) is 9.10. The van der Waals surface area contributed by atoms with Gasteiger partial charge < -0.3 is 20.5 Å². The van der Waals surface area contributed by atoms with Crippen molar-refractivity contribution in [2.75, 3.05) is 6.54 Å². The van der Waals surface area contributed by atoms with Crippen molar-refractivity contribution in [3.05, 3.63) is 0 Å². The highest BCUT2D eigenvalue weighted by atomic mass is 16.5. The van der Waals surface area contributed by atoms with Crippen LogP contribution in [-0.2, 0) is 9.53 Å². The Labute approximate surface area is 111 Å². The minimum Gasteiger partial charge on any atom is -0.480 e. The molecule has 2 fully saturated rings. The van der Waals surface area contributed by atoms with Crippen LogP contribution in [0.25, 0.3) is 0 Å². The Morgan fingerprint density at radius 1 is 1.47 bits per heavy atom. The van der Waals surface area contributed by atoms with E-state index >= 15 is 0 Å².